The Morgan fingerprint density at radius 2 is 0.938 bits per heavy atom. The molecule has 10 aromatic carbocycles. The van der Waals surface area contributed by atoms with Gasteiger partial charge in [-0.25, -0.2) is 15.0 Å². The number of benzene rings is 10. The van der Waals surface area contributed by atoms with E-state index in [2.05, 4.69) is 209 Å². The molecule has 0 unspecified atom stereocenters. The molecule has 0 atom stereocenters. The molecule has 6 heteroatoms. The van der Waals surface area contributed by atoms with Gasteiger partial charge in [-0.2, -0.15) is 0 Å². The number of hydrogen-bond donors (Lipinski definition) is 0. The van der Waals surface area contributed by atoms with E-state index in [0.717, 1.165) is 104 Å². The van der Waals surface area contributed by atoms with E-state index >= 15 is 0 Å². The van der Waals surface area contributed by atoms with Crippen molar-refractivity contribution in [2.24, 2.45) is 0 Å². The second kappa shape index (κ2) is 13.8. The molecule has 0 aliphatic heterocycles. The zero-order valence-corrected chi connectivity index (χ0v) is 34.9. The third-order valence-electron chi connectivity index (χ3n) is 13.1. The highest BCUT2D eigenvalue weighted by Gasteiger charge is 2.26. The maximum Gasteiger partial charge on any atom is 0.166 e. The molecule has 0 aliphatic carbocycles. The highest BCUT2D eigenvalue weighted by molar-refractivity contribution is 6.18. The number of para-hydroxylation sites is 5. The van der Waals surface area contributed by atoms with Crippen LogP contribution in [0.25, 0.3) is 133 Å². The maximum absolute atomic E-state index is 6.67. The fraction of sp³-hybridized carbons (Fsp3) is 0. The number of fused-ring (bicyclic) bond motifs is 11. The lowest BCUT2D eigenvalue weighted by Gasteiger charge is -2.17. The van der Waals surface area contributed by atoms with E-state index in [0.29, 0.717) is 17.5 Å². The molecule has 6 nitrogen and oxygen atoms in total. The van der Waals surface area contributed by atoms with Crippen LogP contribution in [0.5, 0.6) is 0 Å². The van der Waals surface area contributed by atoms with Crippen molar-refractivity contribution in [3.63, 3.8) is 0 Å². The molecule has 0 fully saturated rings. The maximum atomic E-state index is 6.67. The third-order valence-corrected chi connectivity index (χ3v) is 13.1. The number of aromatic nitrogens is 5. The fourth-order valence-corrected chi connectivity index (χ4v) is 10.2. The van der Waals surface area contributed by atoms with Crippen LogP contribution < -0.4 is 0 Å². The van der Waals surface area contributed by atoms with E-state index in [1.807, 2.05) is 12.1 Å². The highest BCUT2D eigenvalue weighted by Crippen LogP contribution is 2.45. The fourth-order valence-electron chi connectivity index (χ4n) is 10.2. The van der Waals surface area contributed by atoms with E-state index < -0.39 is 0 Å². The first-order valence-electron chi connectivity index (χ1n) is 21.9. The Labute approximate surface area is 371 Å². The average molecular weight is 830 g/mol. The molecule has 302 valence electrons. The predicted molar refractivity (Wildman–Crippen MR) is 267 cm³/mol. The van der Waals surface area contributed by atoms with Gasteiger partial charge in [0.2, 0.25) is 0 Å². The molecule has 0 saturated carbocycles. The predicted octanol–water partition coefficient (Wildman–Crippen LogP) is 15.3. The van der Waals surface area contributed by atoms with Gasteiger partial charge in [-0.05, 0) is 88.3 Å². The Morgan fingerprint density at radius 3 is 1.74 bits per heavy atom. The van der Waals surface area contributed by atoms with Gasteiger partial charge in [0.05, 0.1) is 33.1 Å². The monoisotopic (exact) mass is 829 g/mol. The van der Waals surface area contributed by atoms with Gasteiger partial charge in [0.25, 0.3) is 0 Å². The molecule has 4 heterocycles. The van der Waals surface area contributed by atoms with E-state index in [1.165, 1.54) is 10.8 Å². The molecule has 4 aromatic heterocycles. The lowest BCUT2D eigenvalue weighted by atomic mass is 10.0. The molecule has 0 N–H and O–H groups in total. The Hall–Kier alpha value is -8.87. The molecule has 14 aromatic rings. The molecule has 0 amide bonds. The van der Waals surface area contributed by atoms with Crippen molar-refractivity contribution in [3.8, 4) is 45.5 Å². The van der Waals surface area contributed by atoms with Crippen LogP contribution in [0.3, 0.4) is 0 Å². The summed E-state index contributed by atoms with van der Waals surface area (Å²) in [5.41, 5.74) is 10.6. The van der Waals surface area contributed by atoms with Crippen LogP contribution >= 0.6 is 0 Å². The SMILES string of the molecule is c1ccc(-n2c3ccccc3c3cccc(-c4nc(-c5ccc6ccccc6c5)nc(-c5ccc6oc7ccccc7c6c5-n5c6ccccc6c6cc7ccccc7cc65)n4)c32)cc1. The molecule has 0 saturated heterocycles. The molecular weight excluding hydrogens is 795 g/mol. The second-order valence-corrected chi connectivity index (χ2v) is 16.8. The minimum absolute atomic E-state index is 0.562. The summed E-state index contributed by atoms with van der Waals surface area (Å²) in [6, 6.07) is 75.0. The van der Waals surface area contributed by atoms with Crippen LogP contribution in [0.4, 0.5) is 0 Å². The van der Waals surface area contributed by atoms with Crippen molar-refractivity contribution in [2.75, 3.05) is 0 Å². The lowest BCUT2D eigenvalue weighted by molar-refractivity contribution is 0.669. The first-order valence-corrected chi connectivity index (χ1v) is 21.9. The largest absolute Gasteiger partial charge is 0.456 e. The number of hydrogen-bond acceptors (Lipinski definition) is 4. The van der Waals surface area contributed by atoms with Gasteiger partial charge in [0, 0.05) is 49.3 Å². The van der Waals surface area contributed by atoms with Crippen LogP contribution in [0, 0.1) is 0 Å². The van der Waals surface area contributed by atoms with E-state index in [9.17, 15) is 0 Å². The summed E-state index contributed by atoms with van der Waals surface area (Å²) in [6.45, 7) is 0. The Kier molecular flexibility index (Phi) is 7.59. The average Bonchev–Trinajstić information content (AvgIpc) is 4.03. The van der Waals surface area contributed by atoms with Crippen molar-refractivity contribution >= 4 is 87.1 Å². The van der Waals surface area contributed by atoms with Crippen LogP contribution in [-0.2, 0) is 0 Å². The minimum atomic E-state index is 0.562. The number of nitrogens with zero attached hydrogens (tertiary/aromatic N) is 5. The topological polar surface area (TPSA) is 61.7 Å². The van der Waals surface area contributed by atoms with Gasteiger partial charge in [0.15, 0.2) is 17.5 Å². The van der Waals surface area contributed by atoms with Crippen LogP contribution in [0.15, 0.2) is 217 Å². The first-order chi connectivity index (χ1) is 32.2. The minimum Gasteiger partial charge on any atom is -0.456 e. The van der Waals surface area contributed by atoms with Gasteiger partial charge in [-0.1, -0.05) is 146 Å². The lowest BCUT2D eigenvalue weighted by Crippen LogP contribution is -2.05. The molecule has 0 spiro atoms. The van der Waals surface area contributed by atoms with E-state index in [-0.39, 0.29) is 0 Å². The smallest absolute Gasteiger partial charge is 0.166 e. The zero-order chi connectivity index (χ0) is 42.6. The highest BCUT2D eigenvalue weighted by atomic mass is 16.3. The van der Waals surface area contributed by atoms with Crippen LogP contribution in [-0.4, -0.2) is 24.1 Å². The second-order valence-electron chi connectivity index (χ2n) is 16.8. The van der Waals surface area contributed by atoms with Crippen molar-refractivity contribution < 1.29 is 4.42 Å². The van der Waals surface area contributed by atoms with Crippen molar-refractivity contribution in [1.82, 2.24) is 24.1 Å². The van der Waals surface area contributed by atoms with Crippen LogP contribution in [0.2, 0.25) is 0 Å². The van der Waals surface area contributed by atoms with Crippen molar-refractivity contribution in [1.29, 1.82) is 0 Å². The summed E-state index contributed by atoms with van der Waals surface area (Å²) in [4.78, 5) is 16.5. The molecular formula is C59H35N5O. The van der Waals surface area contributed by atoms with Crippen LogP contribution in [0.1, 0.15) is 0 Å². The molecule has 0 aliphatic rings. The molecule has 14 rings (SSSR count). The standard InChI is InChI=1S/C59H35N5O/c1-2-19-41(20-3-1)63-49-26-11-8-21-42(49)44-24-14-25-46(55(44)63)58-60-57(40-30-29-36-15-4-5-16-37(36)33-40)61-59(62-58)47-31-32-53-54(45-23-10-13-28-52(45)65-53)56(47)64-50-27-12-9-22-43(50)48-34-38-17-6-7-18-39(38)35-51(48)64/h1-35H. The van der Waals surface area contributed by atoms with Gasteiger partial charge in [0.1, 0.15) is 11.2 Å². The van der Waals surface area contributed by atoms with Gasteiger partial charge in [-0.15, -0.1) is 0 Å². The Balaban J connectivity index is 1.13. The van der Waals surface area contributed by atoms with Gasteiger partial charge < -0.3 is 13.6 Å². The summed E-state index contributed by atoms with van der Waals surface area (Å²) in [7, 11) is 0. The molecule has 0 bridgehead atoms. The summed E-state index contributed by atoms with van der Waals surface area (Å²) in [5.74, 6) is 1.73. The third kappa shape index (κ3) is 5.38. The molecule has 0 radical (unpaired) electrons. The summed E-state index contributed by atoms with van der Waals surface area (Å²) in [6.07, 6.45) is 0. The van der Waals surface area contributed by atoms with E-state index in [1.54, 1.807) is 0 Å². The summed E-state index contributed by atoms with van der Waals surface area (Å²) in [5, 5.41) is 11.3. The zero-order valence-electron chi connectivity index (χ0n) is 34.9. The first kappa shape index (κ1) is 35.7. The Morgan fingerprint density at radius 1 is 0.338 bits per heavy atom. The number of furan rings is 1. The normalized spacial score (nSPS) is 12.0. The van der Waals surface area contributed by atoms with E-state index in [4.69, 9.17) is 19.4 Å². The molecule has 65 heavy (non-hydrogen) atoms. The quantitative estimate of drug-likeness (QED) is 0.173. The van der Waals surface area contributed by atoms with Crippen molar-refractivity contribution in [2.45, 2.75) is 0 Å². The summed E-state index contributed by atoms with van der Waals surface area (Å²) >= 11 is 0. The van der Waals surface area contributed by atoms with Gasteiger partial charge >= 0.3 is 0 Å². The Bertz CT molecular complexity index is 4250. The van der Waals surface area contributed by atoms with Gasteiger partial charge in [-0.3, -0.25) is 0 Å². The van der Waals surface area contributed by atoms with Crippen molar-refractivity contribution in [3.05, 3.63) is 212 Å². The number of rotatable bonds is 5. The summed E-state index contributed by atoms with van der Waals surface area (Å²) < 4.78 is 11.4.